The lowest BCUT2D eigenvalue weighted by molar-refractivity contribution is -0.141. The number of amides is 2. The number of hydrogen-bond acceptors (Lipinski definition) is 4. The molecule has 0 spiro atoms. The van der Waals surface area contributed by atoms with Crippen molar-refractivity contribution in [2.45, 2.75) is 51.0 Å². The van der Waals surface area contributed by atoms with Crippen molar-refractivity contribution >= 4 is 17.8 Å². The molecule has 0 aromatic heterocycles. The molecule has 3 N–H and O–H groups in total. The van der Waals surface area contributed by atoms with Crippen molar-refractivity contribution < 1.29 is 19.5 Å². The molecule has 1 saturated heterocycles. The number of nitrogens with zero attached hydrogens (tertiary/aromatic N) is 2. The van der Waals surface area contributed by atoms with E-state index in [1.54, 1.807) is 6.08 Å². The zero-order chi connectivity index (χ0) is 21.2. The summed E-state index contributed by atoms with van der Waals surface area (Å²) in [7, 11) is 0. The van der Waals surface area contributed by atoms with Crippen LogP contribution in [0.1, 0.15) is 44.1 Å². The Labute approximate surface area is 170 Å². The van der Waals surface area contributed by atoms with Crippen LogP contribution >= 0.6 is 0 Å². The normalized spacial score (nSPS) is 20.2. The molecule has 1 fully saturated rings. The van der Waals surface area contributed by atoms with Gasteiger partial charge in [0, 0.05) is 18.5 Å². The number of urea groups is 1. The molecule has 1 aromatic rings. The Bertz CT molecular complexity index is 798. The third kappa shape index (κ3) is 6.46. The highest BCUT2D eigenvalue weighted by Crippen LogP contribution is 2.28. The van der Waals surface area contributed by atoms with Crippen LogP contribution < -0.4 is 5.73 Å². The highest BCUT2D eigenvalue weighted by Gasteiger charge is 2.30. The minimum Gasteiger partial charge on any atom is -0.481 e. The molecule has 1 heterocycles. The number of nitriles is 1. The molecule has 7 heteroatoms. The van der Waals surface area contributed by atoms with E-state index in [0.29, 0.717) is 31.4 Å². The Morgan fingerprint density at radius 3 is 2.52 bits per heavy atom. The molecule has 0 bridgehead atoms. The zero-order valence-corrected chi connectivity index (χ0v) is 16.4. The molecule has 2 aliphatic rings. The summed E-state index contributed by atoms with van der Waals surface area (Å²) < 4.78 is 0. The van der Waals surface area contributed by atoms with Gasteiger partial charge in [0.25, 0.3) is 0 Å². The van der Waals surface area contributed by atoms with Crippen molar-refractivity contribution in [3.63, 3.8) is 0 Å². The van der Waals surface area contributed by atoms with Crippen LogP contribution in [0.15, 0.2) is 42.0 Å². The van der Waals surface area contributed by atoms with Crippen molar-refractivity contribution in [3.8, 4) is 6.07 Å². The van der Waals surface area contributed by atoms with Gasteiger partial charge in [-0.1, -0.05) is 36.4 Å². The molecule has 3 rings (SSSR count). The molecule has 1 aliphatic heterocycles. The number of aliphatic carboxylic acids is 1. The first-order valence-corrected chi connectivity index (χ1v) is 9.89. The first kappa shape index (κ1) is 22.2. The van der Waals surface area contributed by atoms with Crippen molar-refractivity contribution in [1.29, 1.82) is 5.26 Å². The fourth-order valence-corrected chi connectivity index (χ4v) is 3.67. The van der Waals surface area contributed by atoms with E-state index in [2.05, 4.69) is 0 Å². The second-order valence-corrected chi connectivity index (χ2v) is 7.21. The van der Waals surface area contributed by atoms with Crippen molar-refractivity contribution in [1.82, 2.24) is 4.90 Å². The summed E-state index contributed by atoms with van der Waals surface area (Å²) in [5, 5.41) is 17.5. The Morgan fingerprint density at radius 1 is 1.21 bits per heavy atom. The van der Waals surface area contributed by atoms with Crippen LogP contribution in [-0.2, 0) is 16.0 Å². The third-order valence-corrected chi connectivity index (χ3v) is 5.21. The van der Waals surface area contributed by atoms with Gasteiger partial charge in [0.05, 0.1) is 12.0 Å². The quantitative estimate of drug-likeness (QED) is 0.763. The van der Waals surface area contributed by atoms with E-state index >= 15 is 0 Å². The fraction of sp³-hybridized carbons (Fsp3) is 0.455. The number of carboxylic acids is 1. The van der Waals surface area contributed by atoms with Gasteiger partial charge in [0.1, 0.15) is 6.04 Å². The van der Waals surface area contributed by atoms with Gasteiger partial charge in [-0.3, -0.25) is 9.59 Å². The first-order chi connectivity index (χ1) is 13.9. The standard InChI is InChI=1S/C16H18O3.C6H9N3O/c17-15(13-9-5-10-14(13)16(18)19)11-4-8-12-6-2-1-3-7-12;7-4-5-2-1-3-9(5)6(8)10/h1-3,6-7,9,14H,4-5,8,10-11H2,(H,18,19);5H,1-3H2,(H2,8,10)/t;5-/m.0/s1. The summed E-state index contributed by atoms with van der Waals surface area (Å²) in [6, 6.07) is 11.3. The van der Waals surface area contributed by atoms with Crippen LogP contribution in [0.4, 0.5) is 4.79 Å². The van der Waals surface area contributed by atoms with E-state index in [-0.39, 0.29) is 11.8 Å². The highest BCUT2D eigenvalue weighted by atomic mass is 16.4. The molecule has 1 aromatic carbocycles. The number of hydrogen-bond donors (Lipinski definition) is 2. The first-order valence-electron chi connectivity index (χ1n) is 9.89. The van der Waals surface area contributed by atoms with Crippen LogP contribution in [0.25, 0.3) is 0 Å². The molecular formula is C22H27N3O4. The molecule has 7 nitrogen and oxygen atoms in total. The summed E-state index contributed by atoms with van der Waals surface area (Å²) in [6.45, 7) is 0.633. The number of nitrogens with two attached hydrogens (primary N) is 1. The number of carboxylic acid groups (broad SMARTS) is 1. The summed E-state index contributed by atoms with van der Waals surface area (Å²) >= 11 is 0. The van der Waals surface area contributed by atoms with E-state index in [0.717, 1.165) is 25.7 Å². The molecule has 0 saturated carbocycles. The number of rotatable bonds is 6. The minimum absolute atomic E-state index is 0.000770. The average molecular weight is 397 g/mol. The van der Waals surface area contributed by atoms with Crippen LogP contribution in [0.3, 0.4) is 0 Å². The van der Waals surface area contributed by atoms with Crippen molar-refractivity contribution in [3.05, 3.63) is 47.5 Å². The number of benzene rings is 1. The van der Waals surface area contributed by atoms with E-state index in [1.165, 1.54) is 10.5 Å². The van der Waals surface area contributed by atoms with E-state index in [1.807, 2.05) is 36.4 Å². The Hall–Kier alpha value is -3.14. The lowest BCUT2D eigenvalue weighted by atomic mass is 9.95. The molecule has 2 atom stereocenters. The summed E-state index contributed by atoms with van der Waals surface area (Å²) in [4.78, 5) is 35.0. The number of carbonyl (C=O) groups is 3. The Kier molecular flexibility index (Phi) is 8.41. The molecule has 2 amide bonds. The van der Waals surface area contributed by atoms with Crippen LogP contribution in [0.5, 0.6) is 0 Å². The predicted molar refractivity (Wildman–Crippen MR) is 108 cm³/mol. The molecule has 29 heavy (non-hydrogen) atoms. The number of primary amides is 1. The molecular weight excluding hydrogens is 370 g/mol. The Balaban J connectivity index is 0.000000253. The van der Waals surface area contributed by atoms with Gasteiger partial charge in [0.2, 0.25) is 0 Å². The number of allylic oxidation sites excluding steroid dienone is 1. The number of carbonyl (C=O) groups excluding carboxylic acids is 2. The number of aryl methyl sites for hydroxylation is 1. The van der Waals surface area contributed by atoms with Gasteiger partial charge < -0.3 is 15.7 Å². The van der Waals surface area contributed by atoms with E-state index in [4.69, 9.17) is 16.1 Å². The second kappa shape index (κ2) is 11.0. The van der Waals surface area contributed by atoms with Crippen LogP contribution in [-0.4, -0.2) is 40.4 Å². The largest absolute Gasteiger partial charge is 0.481 e. The molecule has 0 radical (unpaired) electrons. The third-order valence-electron chi connectivity index (χ3n) is 5.21. The van der Waals surface area contributed by atoms with Gasteiger partial charge in [-0.15, -0.1) is 0 Å². The van der Waals surface area contributed by atoms with Crippen molar-refractivity contribution in [2.75, 3.05) is 6.54 Å². The number of ketones is 1. The Morgan fingerprint density at radius 2 is 1.93 bits per heavy atom. The predicted octanol–water partition coefficient (Wildman–Crippen LogP) is 3.05. The van der Waals surface area contributed by atoms with E-state index in [9.17, 15) is 14.4 Å². The van der Waals surface area contributed by atoms with Gasteiger partial charge in [-0.25, -0.2) is 4.79 Å². The highest BCUT2D eigenvalue weighted by molar-refractivity contribution is 6.00. The van der Waals surface area contributed by atoms with Crippen LogP contribution in [0.2, 0.25) is 0 Å². The molecule has 1 aliphatic carbocycles. The van der Waals surface area contributed by atoms with Crippen molar-refractivity contribution in [2.24, 2.45) is 11.7 Å². The van der Waals surface area contributed by atoms with Gasteiger partial charge in [-0.2, -0.15) is 5.26 Å². The zero-order valence-electron chi connectivity index (χ0n) is 16.4. The monoisotopic (exact) mass is 397 g/mol. The maximum absolute atomic E-state index is 12.0. The van der Waals surface area contributed by atoms with Gasteiger partial charge >= 0.3 is 12.0 Å². The summed E-state index contributed by atoms with van der Waals surface area (Å²) in [6.07, 6.45) is 6.78. The topological polar surface area (TPSA) is 124 Å². The van der Waals surface area contributed by atoms with Gasteiger partial charge in [-0.05, 0) is 44.1 Å². The molecule has 154 valence electrons. The SMILES string of the molecule is N#C[C@@H]1CCCN1C(N)=O.O=C(CCCc1ccccc1)C1=CCCC1C(=O)O. The average Bonchev–Trinajstić information content (AvgIpc) is 3.38. The smallest absolute Gasteiger partial charge is 0.315 e. The van der Waals surface area contributed by atoms with E-state index < -0.39 is 17.9 Å². The maximum Gasteiger partial charge on any atom is 0.315 e. The lowest BCUT2D eigenvalue weighted by Gasteiger charge is -2.15. The number of likely N-dealkylation sites (tertiary alicyclic amines) is 1. The summed E-state index contributed by atoms with van der Waals surface area (Å²) in [5.41, 5.74) is 6.73. The fourth-order valence-electron chi connectivity index (χ4n) is 3.67. The summed E-state index contributed by atoms with van der Waals surface area (Å²) in [5.74, 6) is -1.45. The maximum atomic E-state index is 12.0. The minimum atomic E-state index is -0.875. The lowest BCUT2D eigenvalue weighted by Crippen LogP contribution is -2.38. The second-order valence-electron chi connectivity index (χ2n) is 7.21. The number of Topliss-reactive ketones (excluding diaryl/α,β-unsaturated/α-hetero) is 1. The van der Waals surface area contributed by atoms with Gasteiger partial charge in [0.15, 0.2) is 5.78 Å². The van der Waals surface area contributed by atoms with Crippen LogP contribution in [0, 0.1) is 17.2 Å². The molecule has 1 unspecified atom stereocenters.